The van der Waals surface area contributed by atoms with Gasteiger partial charge in [0.2, 0.25) is 0 Å². The van der Waals surface area contributed by atoms with Gasteiger partial charge in [-0.2, -0.15) is 0 Å². The van der Waals surface area contributed by atoms with Crippen LogP contribution in [0, 0.1) is 5.41 Å². The smallest absolute Gasteiger partial charge is 0.377 e. The zero-order chi connectivity index (χ0) is 17.8. The molecule has 0 aliphatic carbocycles. The number of hydrogen-bond acceptors (Lipinski definition) is 7. The predicted molar refractivity (Wildman–Crippen MR) is 93.8 cm³/mol. The molecule has 0 bridgehead atoms. The highest BCUT2D eigenvalue weighted by atomic mass is 28.4. The molecule has 0 rings (SSSR count). The molecule has 0 aliphatic rings. The highest BCUT2D eigenvalue weighted by molar-refractivity contribution is 6.92. The van der Waals surface area contributed by atoms with Gasteiger partial charge in [-0.25, -0.2) is 0 Å². The summed E-state index contributed by atoms with van der Waals surface area (Å²) in [7, 11) is 4.20. The number of hydrogen-bond donors (Lipinski definition) is 1. The molecule has 7 nitrogen and oxygen atoms in total. The standard InChI is InChI=1S/C14H33NO6Si2/c1-16-22(17-2,18-3)13-11-9-7-8-10-12-14(15)23(19-4,20-5)21-6/h15H,7-13H2,1-6H3. The van der Waals surface area contributed by atoms with Crippen molar-refractivity contribution in [1.29, 1.82) is 5.41 Å². The molecule has 23 heavy (non-hydrogen) atoms. The van der Waals surface area contributed by atoms with Gasteiger partial charge in [0.25, 0.3) is 0 Å². The van der Waals surface area contributed by atoms with E-state index >= 15 is 0 Å². The molecule has 0 amide bonds. The van der Waals surface area contributed by atoms with Crippen molar-refractivity contribution in [3.8, 4) is 0 Å². The van der Waals surface area contributed by atoms with E-state index in [0.29, 0.717) is 11.8 Å². The van der Waals surface area contributed by atoms with E-state index in [-0.39, 0.29) is 0 Å². The van der Waals surface area contributed by atoms with Gasteiger partial charge in [-0.3, -0.25) is 0 Å². The Bertz CT molecular complexity index is 308. The summed E-state index contributed by atoms with van der Waals surface area (Å²) in [6.45, 7) is 0. The summed E-state index contributed by atoms with van der Waals surface area (Å²) in [5.74, 6) is 0. The molecule has 0 unspecified atom stereocenters. The average molecular weight is 368 g/mol. The third-order valence-electron chi connectivity index (χ3n) is 4.02. The maximum atomic E-state index is 8.11. The monoisotopic (exact) mass is 367 g/mol. The Balaban J connectivity index is 3.92. The second kappa shape index (κ2) is 12.3. The van der Waals surface area contributed by atoms with E-state index in [2.05, 4.69) is 0 Å². The average Bonchev–Trinajstić information content (AvgIpc) is 2.60. The molecule has 138 valence electrons. The lowest BCUT2D eigenvalue weighted by Crippen LogP contribution is -2.51. The van der Waals surface area contributed by atoms with E-state index in [4.69, 9.17) is 32.0 Å². The van der Waals surface area contributed by atoms with Gasteiger partial charge in [0.05, 0.1) is 5.33 Å². The van der Waals surface area contributed by atoms with Crippen molar-refractivity contribution in [1.82, 2.24) is 0 Å². The van der Waals surface area contributed by atoms with Crippen LogP contribution in [0.3, 0.4) is 0 Å². The summed E-state index contributed by atoms with van der Waals surface area (Å²) in [5.41, 5.74) is 0. The summed E-state index contributed by atoms with van der Waals surface area (Å²) >= 11 is 0. The lowest BCUT2D eigenvalue weighted by Gasteiger charge is -2.25. The van der Waals surface area contributed by atoms with E-state index in [1.165, 1.54) is 21.3 Å². The van der Waals surface area contributed by atoms with Crippen molar-refractivity contribution in [2.24, 2.45) is 0 Å². The lowest BCUT2D eigenvalue weighted by atomic mass is 10.1. The molecule has 0 saturated heterocycles. The molecular formula is C14H33NO6Si2. The van der Waals surface area contributed by atoms with Gasteiger partial charge in [0, 0.05) is 48.7 Å². The maximum Gasteiger partial charge on any atom is 0.550 e. The lowest BCUT2D eigenvalue weighted by molar-refractivity contribution is 0.122. The molecule has 0 fully saturated rings. The van der Waals surface area contributed by atoms with Crippen LogP contribution in [0.1, 0.15) is 38.5 Å². The summed E-state index contributed by atoms with van der Waals surface area (Å²) < 4.78 is 32.1. The molecule has 0 atom stereocenters. The quantitative estimate of drug-likeness (QED) is 0.272. The van der Waals surface area contributed by atoms with Crippen molar-refractivity contribution < 1.29 is 26.6 Å². The van der Waals surface area contributed by atoms with Crippen LogP contribution in [0.25, 0.3) is 0 Å². The number of unbranched alkanes of at least 4 members (excludes halogenated alkanes) is 4. The van der Waals surface area contributed by atoms with E-state index < -0.39 is 17.6 Å². The third kappa shape index (κ3) is 7.10. The summed E-state index contributed by atoms with van der Waals surface area (Å²) in [4.78, 5) is 0. The summed E-state index contributed by atoms with van der Waals surface area (Å²) in [6.07, 6.45) is 5.87. The van der Waals surface area contributed by atoms with Crippen LogP contribution in [0.15, 0.2) is 0 Å². The minimum atomic E-state index is -2.90. The van der Waals surface area contributed by atoms with Gasteiger partial charge in [0.15, 0.2) is 0 Å². The molecule has 0 spiro atoms. The van der Waals surface area contributed by atoms with Crippen LogP contribution in [-0.4, -0.2) is 65.6 Å². The van der Waals surface area contributed by atoms with Crippen molar-refractivity contribution >= 4 is 22.9 Å². The van der Waals surface area contributed by atoms with E-state index in [0.717, 1.165) is 38.1 Å². The minimum Gasteiger partial charge on any atom is -0.377 e. The van der Waals surface area contributed by atoms with Crippen LogP contribution in [-0.2, 0) is 26.6 Å². The van der Waals surface area contributed by atoms with E-state index in [1.54, 1.807) is 21.3 Å². The third-order valence-corrected chi connectivity index (χ3v) is 9.45. The Labute approximate surface area is 142 Å². The zero-order valence-electron chi connectivity index (χ0n) is 15.4. The highest BCUT2D eigenvalue weighted by Crippen LogP contribution is 2.19. The highest BCUT2D eigenvalue weighted by Gasteiger charge is 2.43. The molecule has 0 aromatic carbocycles. The topological polar surface area (TPSA) is 79.2 Å². The van der Waals surface area contributed by atoms with Crippen LogP contribution in [0.4, 0.5) is 0 Å². The Morgan fingerprint density at radius 3 is 1.52 bits per heavy atom. The van der Waals surface area contributed by atoms with Crippen LogP contribution in [0.5, 0.6) is 0 Å². The van der Waals surface area contributed by atoms with Gasteiger partial charge in [-0.05, 0) is 19.3 Å². The fourth-order valence-corrected chi connectivity index (χ4v) is 6.02. The Kier molecular flexibility index (Phi) is 12.2. The maximum absolute atomic E-state index is 8.11. The molecule has 0 aromatic heterocycles. The van der Waals surface area contributed by atoms with Gasteiger partial charge >= 0.3 is 17.6 Å². The number of nitrogens with one attached hydrogen (secondary N) is 1. The van der Waals surface area contributed by atoms with E-state index in [9.17, 15) is 0 Å². The van der Waals surface area contributed by atoms with Gasteiger partial charge in [0.1, 0.15) is 0 Å². The fraction of sp³-hybridized carbons (Fsp3) is 0.929. The second-order valence-electron chi connectivity index (χ2n) is 5.21. The SMILES string of the molecule is CO[Si](CCCCCCCC(=N)[Si](OC)(OC)OC)(OC)OC. The molecule has 0 radical (unpaired) electrons. The Hall–Kier alpha value is -0.136. The Morgan fingerprint density at radius 1 is 0.652 bits per heavy atom. The Morgan fingerprint density at radius 2 is 1.09 bits per heavy atom. The van der Waals surface area contributed by atoms with Crippen molar-refractivity contribution in [3.05, 3.63) is 0 Å². The fourth-order valence-electron chi connectivity index (χ4n) is 2.50. The first kappa shape index (κ1) is 22.9. The largest absolute Gasteiger partial charge is 0.550 e. The molecule has 1 N–H and O–H groups in total. The molecule has 9 heteroatoms. The first-order valence-electron chi connectivity index (χ1n) is 7.88. The van der Waals surface area contributed by atoms with E-state index in [1.807, 2.05) is 0 Å². The first-order valence-corrected chi connectivity index (χ1v) is 11.5. The summed E-state index contributed by atoms with van der Waals surface area (Å²) in [5, 5.41) is 8.55. The van der Waals surface area contributed by atoms with Crippen LogP contribution in [0.2, 0.25) is 6.04 Å². The second-order valence-corrected chi connectivity index (χ2v) is 11.2. The predicted octanol–water partition coefficient (Wildman–Crippen LogP) is 2.64. The zero-order valence-corrected chi connectivity index (χ0v) is 17.4. The normalized spacial score (nSPS) is 12.6. The minimum absolute atomic E-state index is 0.439. The van der Waals surface area contributed by atoms with Crippen LogP contribution < -0.4 is 0 Å². The summed E-state index contributed by atoms with van der Waals surface area (Å²) in [6, 6.07) is 0.833. The molecule has 0 saturated carbocycles. The molecule has 0 heterocycles. The van der Waals surface area contributed by atoms with Crippen molar-refractivity contribution in [3.63, 3.8) is 0 Å². The first-order chi connectivity index (χ1) is 11.0. The molecule has 0 aliphatic heterocycles. The molecule has 0 aromatic rings. The van der Waals surface area contributed by atoms with Crippen molar-refractivity contribution in [2.75, 3.05) is 42.7 Å². The van der Waals surface area contributed by atoms with Gasteiger partial charge in [-0.1, -0.05) is 19.3 Å². The van der Waals surface area contributed by atoms with Crippen LogP contribution >= 0.6 is 0 Å². The number of rotatable bonds is 15. The molecular weight excluding hydrogens is 334 g/mol. The van der Waals surface area contributed by atoms with Gasteiger partial charge in [-0.15, -0.1) is 0 Å². The van der Waals surface area contributed by atoms with Gasteiger partial charge < -0.3 is 32.0 Å². The van der Waals surface area contributed by atoms with Crippen molar-refractivity contribution in [2.45, 2.75) is 44.6 Å².